The van der Waals surface area contributed by atoms with Crippen molar-refractivity contribution in [1.29, 1.82) is 0 Å². The summed E-state index contributed by atoms with van der Waals surface area (Å²) in [6.07, 6.45) is 8.55. The molecule has 1 aliphatic rings. The van der Waals surface area contributed by atoms with Crippen molar-refractivity contribution in [2.75, 3.05) is 19.7 Å². The minimum Gasteiger partial charge on any atom is -0.376 e. The highest BCUT2D eigenvalue weighted by Crippen LogP contribution is 2.15. The molecule has 0 aliphatic carbocycles. The third-order valence-corrected chi connectivity index (χ3v) is 4.56. The molecule has 0 bridgehead atoms. The van der Waals surface area contributed by atoms with Crippen LogP contribution in [0.5, 0.6) is 0 Å². The smallest absolute Gasteiger partial charge is 0.274 e. The van der Waals surface area contributed by atoms with E-state index in [1.54, 1.807) is 23.5 Å². The molecule has 2 aromatic heterocycles. The molecule has 8 heteroatoms. The molecule has 0 aromatic carbocycles. The second-order valence-electron chi connectivity index (χ2n) is 6.82. The van der Waals surface area contributed by atoms with Crippen LogP contribution in [0.15, 0.2) is 36.9 Å². The number of amides is 2. The number of nitrogens with zero attached hydrogens (tertiary/aromatic N) is 4. The standard InChI is InChI=1S/C20H25N5O3/c1-15-10-23-18(13-22-15)20(27)25(14-17-5-3-9-28-17)8-6-19(26)24-12-16-4-2-7-21-11-16/h2,4,7,10-11,13,17H,3,5-6,8-9,12,14H2,1H3,(H,24,26). The van der Waals surface area contributed by atoms with Gasteiger partial charge in [0.2, 0.25) is 5.91 Å². The molecule has 0 saturated carbocycles. The van der Waals surface area contributed by atoms with Crippen LogP contribution in [0.25, 0.3) is 0 Å². The summed E-state index contributed by atoms with van der Waals surface area (Å²) in [7, 11) is 0. The average Bonchev–Trinajstić information content (AvgIpc) is 3.23. The number of aromatic nitrogens is 3. The summed E-state index contributed by atoms with van der Waals surface area (Å²) in [4.78, 5) is 39.1. The Balaban J connectivity index is 1.57. The first-order valence-corrected chi connectivity index (χ1v) is 9.47. The summed E-state index contributed by atoms with van der Waals surface area (Å²) >= 11 is 0. The average molecular weight is 383 g/mol. The van der Waals surface area contributed by atoms with E-state index in [4.69, 9.17) is 4.74 Å². The van der Waals surface area contributed by atoms with Crippen molar-refractivity contribution in [2.24, 2.45) is 0 Å². The van der Waals surface area contributed by atoms with E-state index in [0.29, 0.717) is 26.2 Å². The summed E-state index contributed by atoms with van der Waals surface area (Å²) in [5.74, 6) is -0.355. The first-order chi connectivity index (χ1) is 13.6. The van der Waals surface area contributed by atoms with Crippen molar-refractivity contribution < 1.29 is 14.3 Å². The molecule has 3 rings (SSSR count). The number of pyridine rings is 1. The zero-order chi connectivity index (χ0) is 19.8. The lowest BCUT2D eigenvalue weighted by atomic mass is 10.2. The van der Waals surface area contributed by atoms with Crippen LogP contribution in [0, 0.1) is 6.92 Å². The molecular formula is C20H25N5O3. The highest BCUT2D eigenvalue weighted by atomic mass is 16.5. The second kappa shape index (κ2) is 9.89. The number of carbonyl (C=O) groups excluding carboxylic acids is 2. The monoisotopic (exact) mass is 383 g/mol. The normalized spacial score (nSPS) is 16.0. The van der Waals surface area contributed by atoms with E-state index in [1.165, 1.54) is 6.20 Å². The Kier molecular flexibility index (Phi) is 7.02. The van der Waals surface area contributed by atoms with Gasteiger partial charge in [0.15, 0.2) is 0 Å². The Morgan fingerprint density at radius 1 is 1.29 bits per heavy atom. The molecule has 2 amide bonds. The lowest BCUT2D eigenvalue weighted by Gasteiger charge is -2.25. The van der Waals surface area contributed by atoms with Gasteiger partial charge in [-0.2, -0.15) is 0 Å². The molecule has 8 nitrogen and oxygen atoms in total. The molecule has 1 unspecified atom stereocenters. The zero-order valence-corrected chi connectivity index (χ0v) is 16.0. The summed E-state index contributed by atoms with van der Waals surface area (Å²) in [6, 6.07) is 3.72. The van der Waals surface area contributed by atoms with Crippen LogP contribution in [0.1, 0.15) is 41.0 Å². The number of nitrogens with one attached hydrogen (secondary N) is 1. The third kappa shape index (κ3) is 5.82. The SMILES string of the molecule is Cc1cnc(C(=O)N(CCC(=O)NCc2cccnc2)CC2CCCO2)cn1. The predicted octanol–water partition coefficient (Wildman–Crippen LogP) is 1.51. The molecule has 148 valence electrons. The molecule has 1 N–H and O–H groups in total. The van der Waals surface area contributed by atoms with Crippen molar-refractivity contribution in [2.45, 2.75) is 38.8 Å². The van der Waals surface area contributed by atoms with Crippen molar-refractivity contribution in [1.82, 2.24) is 25.2 Å². The van der Waals surface area contributed by atoms with E-state index in [0.717, 1.165) is 24.1 Å². The Morgan fingerprint density at radius 2 is 2.18 bits per heavy atom. The first kappa shape index (κ1) is 19.9. The lowest BCUT2D eigenvalue weighted by Crippen LogP contribution is -2.40. The van der Waals surface area contributed by atoms with Crippen molar-refractivity contribution in [3.05, 3.63) is 53.9 Å². The Hall–Kier alpha value is -2.87. The summed E-state index contributed by atoms with van der Waals surface area (Å²) < 4.78 is 5.66. The fourth-order valence-electron chi connectivity index (χ4n) is 3.00. The third-order valence-electron chi connectivity index (χ3n) is 4.56. The van der Waals surface area contributed by atoms with Gasteiger partial charge in [-0.15, -0.1) is 0 Å². The fourth-order valence-corrected chi connectivity index (χ4v) is 3.00. The number of hydrogen-bond acceptors (Lipinski definition) is 6. The Morgan fingerprint density at radius 3 is 2.86 bits per heavy atom. The number of aryl methyl sites for hydroxylation is 1. The molecule has 28 heavy (non-hydrogen) atoms. The van der Waals surface area contributed by atoms with Crippen LogP contribution in [0.2, 0.25) is 0 Å². The van der Waals surface area contributed by atoms with Gasteiger partial charge in [0, 0.05) is 51.3 Å². The highest BCUT2D eigenvalue weighted by molar-refractivity contribution is 5.92. The summed E-state index contributed by atoms with van der Waals surface area (Å²) in [5.41, 5.74) is 1.95. The number of hydrogen-bond donors (Lipinski definition) is 1. The van der Waals surface area contributed by atoms with E-state index in [-0.39, 0.29) is 30.0 Å². The number of ether oxygens (including phenoxy) is 1. The van der Waals surface area contributed by atoms with Crippen LogP contribution in [-0.4, -0.2) is 57.5 Å². The van der Waals surface area contributed by atoms with E-state index in [1.807, 2.05) is 19.1 Å². The Labute approximate surface area is 164 Å². The van der Waals surface area contributed by atoms with Gasteiger partial charge in [-0.05, 0) is 31.4 Å². The van der Waals surface area contributed by atoms with Crippen molar-refractivity contribution in [3.63, 3.8) is 0 Å². The van der Waals surface area contributed by atoms with Crippen LogP contribution in [0.3, 0.4) is 0 Å². The summed E-state index contributed by atoms with van der Waals surface area (Å²) in [6.45, 7) is 3.69. The zero-order valence-electron chi connectivity index (χ0n) is 16.0. The molecule has 1 atom stereocenters. The molecule has 1 aliphatic heterocycles. The van der Waals surface area contributed by atoms with Crippen LogP contribution in [0.4, 0.5) is 0 Å². The van der Waals surface area contributed by atoms with E-state index < -0.39 is 0 Å². The van der Waals surface area contributed by atoms with Gasteiger partial charge in [-0.3, -0.25) is 19.6 Å². The van der Waals surface area contributed by atoms with E-state index >= 15 is 0 Å². The molecular weight excluding hydrogens is 358 g/mol. The molecule has 2 aromatic rings. The molecule has 0 radical (unpaired) electrons. The maximum absolute atomic E-state index is 12.9. The van der Waals surface area contributed by atoms with Gasteiger partial charge < -0.3 is 15.0 Å². The molecule has 1 fully saturated rings. The largest absolute Gasteiger partial charge is 0.376 e. The van der Waals surface area contributed by atoms with Crippen LogP contribution >= 0.6 is 0 Å². The van der Waals surface area contributed by atoms with Crippen LogP contribution < -0.4 is 5.32 Å². The van der Waals surface area contributed by atoms with Gasteiger partial charge in [0.25, 0.3) is 5.91 Å². The first-order valence-electron chi connectivity index (χ1n) is 9.47. The predicted molar refractivity (Wildman–Crippen MR) is 102 cm³/mol. The van der Waals surface area contributed by atoms with Gasteiger partial charge in [0.1, 0.15) is 5.69 Å². The fraction of sp³-hybridized carbons (Fsp3) is 0.450. The van der Waals surface area contributed by atoms with E-state index in [9.17, 15) is 9.59 Å². The lowest BCUT2D eigenvalue weighted by molar-refractivity contribution is -0.121. The van der Waals surface area contributed by atoms with Crippen LogP contribution in [-0.2, 0) is 16.1 Å². The quantitative estimate of drug-likeness (QED) is 0.742. The maximum atomic E-state index is 12.9. The highest BCUT2D eigenvalue weighted by Gasteiger charge is 2.24. The van der Waals surface area contributed by atoms with E-state index in [2.05, 4.69) is 20.3 Å². The van der Waals surface area contributed by atoms with Crippen molar-refractivity contribution >= 4 is 11.8 Å². The molecule has 3 heterocycles. The Bertz CT molecular complexity index is 776. The number of rotatable bonds is 8. The topological polar surface area (TPSA) is 97.3 Å². The van der Waals surface area contributed by atoms with Gasteiger partial charge in [-0.25, -0.2) is 4.98 Å². The van der Waals surface area contributed by atoms with Gasteiger partial charge in [0.05, 0.1) is 18.0 Å². The minimum absolute atomic E-state index is 0.000752. The molecule has 1 saturated heterocycles. The van der Waals surface area contributed by atoms with Gasteiger partial charge in [-0.1, -0.05) is 6.07 Å². The maximum Gasteiger partial charge on any atom is 0.274 e. The minimum atomic E-state index is -0.233. The molecule has 0 spiro atoms. The van der Waals surface area contributed by atoms with Gasteiger partial charge >= 0.3 is 0 Å². The van der Waals surface area contributed by atoms with Crippen molar-refractivity contribution in [3.8, 4) is 0 Å². The number of carbonyl (C=O) groups is 2. The summed E-state index contributed by atoms with van der Waals surface area (Å²) in [5, 5.41) is 2.86. The second-order valence-corrected chi connectivity index (χ2v) is 6.82.